The third-order valence-electron chi connectivity index (χ3n) is 3.98. The zero-order chi connectivity index (χ0) is 18.4. The Morgan fingerprint density at radius 2 is 1.76 bits per heavy atom. The van der Waals surface area contributed by atoms with Gasteiger partial charge < -0.3 is 19.7 Å². The third-order valence-corrected chi connectivity index (χ3v) is 3.98. The van der Waals surface area contributed by atoms with Crippen molar-refractivity contribution in [1.82, 2.24) is 10.2 Å². The molecule has 1 unspecified atom stereocenters. The molecule has 1 aromatic rings. The largest absolute Gasteiger partial charge is 0.460 e. The van der Waals surface area contributed by atoms with Crippen molar-refractivity contribution < 1.29 is 19.1 Å². The Labute approximate surface area is 149 Å². The molecule has 0 spiro atoms. The van der Waals surface area contributed by atoms with Crippen molar-refractivity contribution in [2.45, 2.75) is 51.4 Å². The highest BCUT2D eigenvalue weighted by atomic mass is 16.6. The number of alkyl carbamates (subject to hydrolysis) is 1. The zero-order valence-corrected chi connectivity index (χ0v) is 15.5. The minimum atomic E-state index is -0.879. The quantitative estimate of drug-likeness (QED) is 0.848. The van der Waals surface area contributed by atoms with Crippen molar-refractivity contribution in [2.75, 3.05) is 20.1 Å². The number of benzene rings is 1. The van der Waals surface area contributed by atoms with Crippen LogP contribution in [-0.2, 0) is 14.3 Å². The number of nitrogens with zero attached hydrogens (tertiary/aromatic N) is 1. The van der Waals surface area contributed by atoms with E-state index in [9.17, 15) is 9.59 Å². The molecular formula is C19H28N2O4. The van der Waals surface area contributed by atoms with Crippen LogP contribution in [0.15, 0.2) is 30.3 Å². The van der Waals surface area contributed by atoms with Crippen LogP contribution in [0.1, 0.15) is 45.2 Å². The van der Waals surface area contributed by atoms with Crippen molar-refractivity contribution in [3.05, 3.63) is 35.9 Å². The maximum absolute atomic E-state index is 12.7. The van der Waals surface area contributed by atoms with E-state index in [1.165, 1.54) is 0 Å². The fraction of sp³-hybridized carbons (Fsp3) is 0.579. The summed E-state index contributed by atoms with van der Waals surface area (Å²) in [4.78, 5) is 27.0. The molecule has 0 saturated carbocycles. The Balaban J connectivity index is 2.06. The van der Waals surface area contributed by atoms with Crippen LogP contribution in [0.3, 0.4) is 0 Å². The predicted octanol–water partition coefficient (Wildman–Crippen LogP) is 2.89. The molecule has 1 heterocycles. The van der Waals surface area contributed by atoms with Crippen LogP contribution in [0.2, 0.25) is 0 Å². The predicted molar refractivity (Wildman–Crippen MR) is 95.2 cm³/mol. The van der Waals surface area contributed by atoms with Gasteiger partial charge in [-0.05, 0) is 46.2 Å². The van der Waals surface area contributed by atoms with Crippen LogP contribution in [-0.4, -0.2) is 48.8 Å². The average Bonchev–Trinajstić information content (AvgIpc) is 2.54. The van der Waals surface area contributed by atoms with Crippen LogP contribution < -0.4 is 5.32 Å². The molecule has 1 amide bonds. The fourth-order valence-electron chi connectivity index (χ4n) is 2.68. The van der Waals surface area contributed by atoms with Gasteiger partial charge in [-0.3, -0.25) is 0 Å². The molecule has 25 heavy (non-hydrogen) atoms. The van der Waals surface area contributed by atoms with E-state index >= 15 is 0 Å². The van der Waals surface area contributed by atoms with Gasteiger partial charge in [0.05, 0.1) is 0 Å². The first-order chi connectivity index (χ1) is 11.7. The Hall–Kier alpha value is -2.08. The summed E-state index contributed by atoms with van der Waals surface area (Å²) < 4.78 is 10.9. The fourth-order valence-corrected chi connectivity index (χ4v) is 2.68. The lowest BCUT2D eigenvalue weighted by molar-refractivity contribution is -0.153. The monoisotopic (exact) mass is 348 g/mol. The first kappa shape index (κ1) is 19.2. The molecule has 1 aliphatic heterocycles. The van der Waals surface area contributed by atoms with Crippen molar-refractivity contribution in [3.8, 4) is 0 Å². The number of ether oxygens (including phenoxy) is 2. The summed E-state index contributed by atoms with van der Waals surface area (Å²) in [6.07, 6.45) is 0.851. The molecule has 1 aromatic carbocycles. The molecule has 138 valence electrons. The Bertz CT molecular complexity index is 575. The average molecular weight is 348 g/mol. The van der Waals surface area contributed by atoms with E-state index < -0.39 is 23.7 Å². The second-order valence-corrected chi connectivity index (χ2v) is 7.43. The topological polar surface area (TPSA) is 67.9 Å². The molecule has 1 fully saturated rings. The molecule has 0 bridgehead atoms. The lowest BCUT2D eigenvalue weighted by Gasteiger charge is -2.30. The minimum Gasteiger partial charge on any atom is -0.460 e. The number of carbonyl (C=O) groups is 2. The minimum absolute atomic E-state index is 0.115. The molecule has 1 N–H and O–H groups in total. The van der Waals surface area contributed by atoms with Crippen LogP contribution >= 0.6 is 0 Å². The number of hydrogen-bond donors (Lipinski definition) is 1. The number of esters is 1. The van der Waals surface area contributed by atoms with Crippen LogP contribution in [0, 0.1) is 0 Å². The highest BCUT2D eigenvalue weighted by Gasteiger charge is 2.29. The second-order valence-electron chi connectivity index (χ2n) is 7.43. The molecule has 0 aromatic heterocycles. The SMILES string of the molecule is CN1CCC(OC(=O)C(NC(=O)OC(C)(C)C)c2ccccc2)CC1. The Morgan fingerprint density at radius 3 is 2.32 bits per heavy atom. The molecular weight excluding hydrogens is 320 g/mol. The van der Waals surface area contributed by atoms with E-state index in [1.807, 2.05) is 18.2 Å². The summed E-state index contributed by atoms with van der Waals surface area (Å²) in [6, 6.07) is 8.20. The standard InChI is InChI=1S/C19H28N2O4/c1-19(2,3)25-18(23)20-16(14-8-6-5-7-9-14)17(22)24-15-10-12-21(4)13-11-15/h5-9,15-16H,10-13H2,1-4H3,(H,20,23). The third kappa shape index (κ3) is 6.38. The van der Waals surface area contributed by atoms with Gasteiger partial charge in [-0.15, -0.1) is 0 Å². The normalized spacial score (nSPS) is 17.6. The van der Waals surface area contributed by atoms with Crippen molar-refractivity contribution in [2.24, 2.45) is 0 Å². The first-order valence-electron chi connectivity index (χ1n) is 8.68. The van der Waals surface area contributed by atoms with Gasteiger partial charge in [0.15, 0.2) is 6.04 Å². The van der Waals surface area contributed by atoms with Gasteiger partial charge in [0.1, 0.15) is 11.7 Å². The van der Waals surface area contributed by atoms with E-state index in [2.05, 4.69) is 17.3 Å². The molecule has 6 nitrogen and oxygen atoms in total. The number of amides is 1. The maximum Gasteiger partial charge on any atom is 0.408 e. The highest BCUT2D eigenvalue weighted by Crippen LogP contribution is 2.20. The van der Waals surface area contributed by atoms with Gasteiger partial charge in [0.25, 0.3) is 0 Å². The molecule has 1 atom stereocenters. The number of rotatable bonds is 4. The van der Waals surface area contributed by atoms with Gasteiger partial charge in [0.2, 0.25) is 0 Å². The van der Waals surface area contributed by atoms with Crippen LogP contribution in [0.4, 0.5) is 4.79 Å². The number of likely N-dealkylation sites (tertiary alicyclic amines) is 1. The second kappa shape index (κ2) is 8.34. The summed E-state index contributed by atoms with van der Waals surface area (Å²) >= 11 is 0. The number of nitrogens with one attached hydrogen (secondary N) is 1. The summed E-state index contributed by atoms with van der Waals surface area (Å²) in [5.41, 5.74) is 0.0368. The van der Waals surface area contributed by atoms with E-state index in [0.29, 0.717) is 5.56 Å². The summed E-state index contributed by atoms with van der Waals surface area (Å²) in [5, 5.41) is 2.64. The number of piperidine rings is 1. The van der Waals surface area contributed by atoms with Gasteiger partial charge in [0, 0.05) is 13.1 Å². The Kier molecular flexibility index (Phi) is 6.42. The van der Waals surface area contributed by atoms with E-state index in [1.54, 1.807) is 32.9 Å². The molecule has 2 rings (SSSR count). The van der Waals surface area contributed by atoms with E-state index in [4.69, 9.17) is 9.47 Å². The Morgan fingerprint density at radius 1 is 1.16 bits per heavy atom. The molecule has 6 heteroatoms. The van der Waals surface area contributed by atoms with E-state index in [0.717, 1.165) is 25.9 Å². The lowest BCUT2D eigenvalue weighted by Crippen LogP contribution is -2.41. The maximum atomic E-state index is 12.7. The van der Waals surface area contributed by atoms with Gasteiger partial charge >= 0.3 is 12.1 Å². The van der Waals surface area contributed by atoms with Gasteiger partial charge in [-0.1, -0.05) is 30.3 Å². The zero-order valence-electron chi connectivity index (χ0n) is 15.5. The number of carbonyl (C=O) groups excluding carboxylic acids is 2. The summed E-state index contributed by atoms with van der Waals surface area (Å²) in [6.45, 7) is 7.13. The molecule has 1 saturated heterocycles. The van der Waals surface area contributed by atoms with Gasteiger partial charge in [-0.2, -0.15) is 0 Å². The van der Waals surface area contributed by atoms with E-state index in [-0.39, 0.29) is 6.10 Å². The van der Waals surface area contributed by atoms with Crippen molar-refractivity contribution in [3.63, 3.8) is 0 Å². The number of hydrogen-bond acceptors (Lipinski definition) is 5. The molecule has 0 radical (unpaired) electrons. The van der Waals surface area contributed by atoms with Crippen LogP contribution in [0.5, 0.6) is 0 Å². The smallest absolute Gasteiger partial charge is 0.408 e. The summed E-state index contributed by atoms with van der Waals surface area (Å²) in [7, 11) is 2.05. The first-order valence-corrected chi connectivity index (χ1v) is 8.68. The highest BCUT2D eigenvalue weighted by molar-refractivity contribution is 5.83. The summed E-state index contributed by atoms with van der Waals surface area (Å²) in [5.74, 6) is -0.452. The van der Waals surface area contributed by atoms with Crippen molar-refractivity contribution in [1.29, 1.82) is 0 Å². The molecule has 1 aliphatic rings. The lowest BCUT2D eigenvalue weighted by atomic mass is 10.1. The molecule has 0 aliphatic carbocycles. The van der Waals surface area contributed by atoms with Crippen molar-refractivity contribution >= 4 is 12.1 Å². The van der Waals surface area contributed by atoms with Gasteiger partial charge in [-0.25, -0.2) is 9.59 Å². The van der Waals surface area contributed by atoms with Crippen LogP contribution in [0.25, 0.3) is 0 Å².